The zero-order chi connectivity index (χ0) is 16.4. The topological polar surface area (TPSA) is 57.3 Å². The van der Waals surface area contributed by atoms with Crippen LogP contribution in [0.4, 0.5) is 5.00 Å². The first-order valence-electron chi connectivity index (χ1n) is 8.74. The van der Waals surface area contributed by atoms with Crippen LogP contribution in [0, 0.1) is 23.2 Å². The highest BCUT2D eigenvalue weighted by atomic mass is 32.1. The molecule has 2 N–H and O–H groups in total. The van der Waals surface area contributed by atoms with Crippen molar-refractivity contribution in [3.8, 4) is 6.07 Å². The Balaban J connectivity index is 1.68. The van der Waals surface area contributed by atoms with Gasteiger partial charge in [0.25, 0.3) is 5.91 Å². The van der Waals surface area contributed by atoms with Crippen molar-refractivity contribution in [2.24, 2.45) is 11.8 Å². The van der Waals surface area contributed by atoms with Crippen molar-refractivity contribution in [3.63, 3.8) is 0 Å². The second kappa shape index (κ2) is 7.02. The fourth-order valence-electron chi connectivity index (χ4n) is 3.91. The number of amides is 1. The fraction of sp³-hybridized carbons (Fsp3) is 0.667. The summed E-state index contributed by atoms with van der Waals surface area (Å²) in [4.78, 5) is 15.1. The van der Waals surface area contributed by atoms with Crippen LogP contribution in [0.25, 0.3) is 0 Å². The van der Waals surface area contributed by atoms with Gasteiger partial charge in [-0.25, -0.2) is 0 Å². The van der Waals surface area contributed by atoms with Gasteiger partial charge in [-0.15, -0.1) is 11.3 Å². The summed E-state index contributed by atoms with van der Waals surface area (Å²) in [5.74, 6) is 1.43. The summed E-state index contributed by atoms with van der Waals surface area (Å²) in [5, 5.41) is 13.3. The van der Waals surface area contributed by atoms with E-state index in [0.29, 0.717) is 23.9 Å². The number of piperidine rings is 1. The van der Waals surface area contributed by atoms with Crippen molar-refractivity contribution < 1.29 is 9.69 Å². The van der Waals surface area contributed by atoms with Crippen LogP contribution < -0.4 is 10.2 Å². The first-order chi connectivity index (χ1) is 11.1. The number of nitrogens with one attached hydrogen (secondary N) is 2. The molecule has 0 saturated carbocycles. The number of carbonyl (C=O) groups excluding carboxylic acids is 1. The Morgan fingerprint density at radius 1 is 1.39 bits per heavy atom. The largest absolute Gasteiger partial charge is 0.327 e. The van der Waals surface area contributed by atoms with Gasteiger partial charge < -0.3 is 10.2 Å². The van der Waals surface area contributed by atoms with E-state index in [0.717, 1.165) is 37.4 Å². The maximum atomic E-state index is 12.4. The minimum absolute atomic E-state index is 0.0530. The third-order valence-corrected chi connectivity index (χ3v) is 6.32. The Labute approximate surface area is 142 Å². The van der Waals surface area contributed by atoms with E-state index >= 15 is 0 Å². The Hall–Kier alpha value is -1.38. The van der Waals surface area contributed by atoms with Gasteiger partial charge in [0, 0.05) is 10.8 Å². The average Bonchev–Trinajstić information content (AvgIpc) is 2.82. The number of thiophene rings is 1. The summed E-state index contributed by atoms with van der Waals surface area (Å²) < 4.78 is 0. The number of nitrogens with zero attached hydrogens (tertiary/aromatic N) is 1. The highest BCUT2D eigenvalue weighted by molar-refractivity contribution is 7.16. The van der Waals surface area contributed by atoms with Crippen molar-refractivity contribution in [1.29, 1.82) is 5.26 Å². The number of hydrogen-bond donors (Lipinski definition) is 2. The predicted octanol–water partition coefficient (Wildman–Crippen LogP) is 2.00. The summed E-state index contributed by atoms with van der Waals surface area (Å²) >= 11 is 1.62. The van der Waals surface area contributed by atoms with Crippen LogP contribution >= 0.6 is 11.3 Å². The number of hydrogen-bond acceptors (Lipinski definition) is 3. The van der Waals surface area contributed by atoms with Gasteiger partial charge >= 0.3 is 0 Å². The normalized spacial score (nSPS) is 27.1. The maximum Gasteiger partial charge on any atom is 0.280 e. The minimum atomic E-state index is 0.0530. The van der Waals surface area contributed by atoms with Crippen molar-refractivity contribution in [2.75, 3.05) is 25.0 Å². The van der Waals surface area contributed by atoms with E-state index in [2.05, 4.69) is 25.2 Å². The van der Waals surface area contributed by atoms with Gasteiger partial charge in [-0.2, -0.15) is 5.26 Å². The van der Waals surface area contributed by atoms with Crippen LogP contribution in [0.2, 0.25) is 0 Å². The summed E-state index contributed by atoms with van der Waals surface area (Å²) in [6.45, 7) is 7.21. The first-order valence-corrected chi connectivity index (χ1v) is 9.56. The third-order valence-electron chi connectivity index (χ3n) is 5.15. The van der Waals surface area contributed by atoms with Gasteiger partial charge in [-0.3, -0.25) is 4.79 Å². The molecule has 124 valence electrons. The van der Waals surface area contributed by atoms with Gasteiger partial charge in [0.15, 0.2) is 6.54 Å². The molecule has 3 rings (SSSR count). The molecule has 1 saturated heterocycles. The minimum Gasteiger partial charge on any atom is -0.327 e. The van der Waals surface area contributed by atoms with Gasteiger partial charge in [-0.1, -0.05) is 13.8 Å². The highest BCUT2D eigenvalue weighted by Gasteiger charge is 2.26. The molecule has 1 fully saturated rings. The molecule has 1 unspecified atom stereocenters. The molecule has 1 aliphatic carbocycles. The second-order valence-electron chi connectivity index (χ2n) is 7.34. The molecular formula is C18H26N3OS+. The number of anilines is 1. The van der Waals surface area contributed by atoms with Crippen LogP contribution in [0.3, 0.4) is 0 Å². The molecule has 1 aliphatic heterocycles. The smallest absolute Gasteiger partial charge is 0.280 e. The van der Waals surface area contributed by atoms with Crippen LogP contribution in [0.5, 0.6) is 0 Å². The molecule has 1 aromatic heterocycles. The van der Waals surface area contributed by atoms with Crippen LogP contribution in [0.15, 0.2) is 0 Å². The quantitative estimate of drug-likeness (QED) is 0.889. The summed E-state index contributed by atoms with van der Waals surface area (Å²) in [6, 6.07) is 2.32. The Bertz CT molecular complexity index is 631. The Kier molecular flexibility index (Phi) is 5.03. The number of likely N-dealkylation sites (tertiary alicyclic amines) is 1. The maximum absolute atomic E-state index is 12.4. The lowest BCUT2D eigenvalue weighted by molar-refractivity contribution is -0.900. The number of rotatable bonds is 3. The molecule has 1 aromatic rings. The van der Waals surface area contributed by atoms with Crippen molar-refractivity contribution in [3.05, 3.63) is 16.0 Å². The predicted molar refractivity (Wildman–Crippen MR) is 92.8 cm³/mol. The van der Waals surface area contributed by atoms with Crippen molar-refractivity contribution >= 4 is 22.2 Å². The fourth-order valence-corrected chi connectivity index (χ4v) is 5.29. The van der Waals surface area contributed by atoms with Gasteiger partial charge in [-0.05, 0) is 43.6 Å². The SMILES string of the molecule is C[C@@H]1CCc2c(sc(NC(=O)C[NH+]3CCC[C@H](C)C3)c2C#N)C1. The summed E-state index contributed by atoms with van der Waals surface area (Å²) in [7, 11) is 0. The van der Waals surface area contributed by atoms with Crippen molar-refractivity contribution in [2.45, 2.75) is 46.0 Å². The molecule has 0 bridgehead atoms. The van der Waals surface area contributed by atoms with Crippen molar-refractivity contribution in [1.82, 2.24) is 0 Å². The van der Waals surface area contributed by atoms with E-state index in [1.54, 1.807) is 11.3 Å². The van der Waals surface area contributed by atoms with E-state index in [4.69, 9.17) is 0 Å². The van der Waals surface area contributed by atoms with Crippen LogP contribution in [-0.4, -0.2) is 25.5 Å². The number of fused-ring (bicyclic) bond motifs is 1. The zero-order valence-corrected chi connectivity index (χ0v) is 14.9. The number of nitriles is 1. The molecule has 0 spiro atoms. The number of quaternary nitrogens is 1. The summed E-state index contributed by atoms with van der Waals surface area (Å²) in [6.07, 6.45) is 5.64. The molecule has 2 heterocycles. The van der Waals surface area contributed by atoms with E-state index in [-0.39, 0.29) is 5.91 Å². The van der Waals surface area contributed by atoms with Gasteiger partial charge in [0.05, 0.1) is 18.7 Å². The summed E-state index contributed by atoms with van der Waals surface area (Å²) in [5.41, 5.74) is 1.90. The van der Waals surface area contributed by atoms with Gasteiger partial charge in [0.2, 0.25) is 0 Å². The van der Waals surface area contributed by atoms with Crippen LogP contribution in [0.1, 0.15) is 49.1 Å². The molecule has 1 amide bonds. The van der Waals surface area contributed by atoms with E-state index in [1.807, 2.05) is 0 Å². The molecule has 0 aromatic carbocycles. The molecule has 4 nitrogen and oxygen atoms in total. The van der Waals surface area contributed by atoms with Crippen LogP contribution in [-0.2, 0) is 17.6 Å². The van der Waals surface area contributed by atoms with E-state index in [1.165, 1.54) is 28.2 Å². The lowest BCUT2D eigenvalue weighted by Crippen LogP contribution is -3.14. The average molecular weight is 332 g/mol. The molecule has 0 radical (unpaired) electrons. The first kappa shape index (κ1) is 16.5. The molecule has 23 heavy (non-hydrogen) atoms. The lowest BCUT2D eigenvalue weighted by Gasteiger charge is -2.27. The zero-order valence-electron chi connectivity index (χ0n) is 14.1. The Morgan fingerprint density at radius 3 is 2.96 bits per heavy atom. The molecular weight excluding hydrogens is 306 g/mol. The monoisotopic (exact) mass is 332 g/mol. The highest BCUT2D eigenvalue weighted by Crippen LogP contribution is 2.39. The Morgan fingerprint density at radius 2 is 2.22 bits per heavy atom. The van der Waals surface area contributed by atoms with Gasteiger partial charge in [0.1, 0.15) is 11.1 Å². The second-order valence-corrected chi connectivity index (χ2v) is 8.45. The molecule has 5 heteroatoms. The van der Waals surface area contributed by atoms with E-state index < -0.39 is 0 Å². The lowest BCUT2D eigenvalue weighted by atomic mass is 9.89. The standard InChI is InChI=1S/C18H25N3OS/c1-12-5-6-14-15(9-19)18(23-16(14)8-12)20-17(22)11-21-7-3-4-13(2)10-21/h12-13H,3-8,10-11H2,1-2H3,(H,20,22)/p+1/t12-,13+/m1/s1. The third kappa shape index (κ3) is 3.76. The van der Waals surface area contributed by atoms with E-state index in [9.17, 15) is 10.1 Å². The molecule has 2 aliphatic rings. The number of carbonyl (C=O) groups is 1. The molecule has 3 atom stereocenters.